The Kier molecular flexibility index (Phi) is 6.14. The summed E-state index contributed by atoms with van der Waals surface area (Å²) in [6, 6.07) is 11.0. The van der Waals surface area contributed by atoms with E-state index < -0.39 is 17.2 Å². The van der Waals surface area contributed by atoms with Gasteiger partial charge < -0.3 is 5.32 Å². The predicted octanol–water partition coefficient (Wildman–Crippen LogP) is 3.55. The summed E-state index contributed by atoms with van der Waals surface area (Å²) in [5.74, 6) is -0.696. The Bertz CT molecular complexity index is 1850. The number of hydrogen-bond donors (Lipinski definition) is 1. The summed E-state index contributed by atoms with van der Waals surface area (Å²) < 4.78 is 18.4. The summed E-state index contributed by atoms with van der Waals surface area (Å²) in [4.78, 5) is 35.0. The molecule has 0 atom stereocenters. The van der Waals surface area contributed by atoms with Gasteiger partial charge in [0.05, 0.1) is 35.2 Å². The van der Waals surface area contributed by atoms with Crippen molar-refractivity contribution >= 4 is 38.5 Å². The zero-order valence-electron chi connectivity index (χ0n) is 19.6. The van der Waals surface area contributed by atoms with Gasteiger partial charge in [-0.2, -0.15) is 15.3 Å². The molecule has 10 nitrogen and oxygen atoms in total. The van der Waals surface area contributed by atoms with E-state index in [1.165, 1.54) is 22.9 Å². The van der Waals surface area contributed by atoms with Crippen molar-refractivity contribution in [2.45, 2.75) is 13.5 Å². The van der Waals surface area contributed by atoms with Gasteiger partial charge in [-0.05, 0) is 64.3 Å². The third kappa shape index (κ3) is 4.64. The lowest BCUT2D eigenvalue weighted by Gasteiger charge is -2.16. The second kappa shape index (κ2) is 9.44. The fraction of sp³-hybridized carbons (Fsp3) is 0.120. The first-order valence-corrected chi connectivity index (χ1v) is 11.8. The average Bonchev–Trinajstić information content (AvgIpc) is 3.21. The van der Waals surface area contributed by atoms with Gasteiger partial charge in [0, 0.05) is 29.3 Å². The van der Waals surface area contributed by atoms with Gasteiger partial charge in [-0.25, -0.2) is 18.5 Å². The van der Waals surface area contributed by atoms with Gasteiger partial charge in [-0.3, -0.25) is 14.2 Å². The highest BCUT2D eigenvalue weighted by molar-refractivity contribution is 9.10. The van der Waals surface area contributed by atoms with E-state index in [2.05, 4.69) is 36.3 Å². The summed E-state index contributed by atoms with van der Waals surface area (Å²) in [6.07, 6.45) is 4.83. The Labute approximate surface area is 217 Å². The molecule has 3 heterocycles. The molecule has 37 heavy (non-hydrogen) atoms. The molecule has 0 spiro atoms. The van der Waals surface area contributed by atoms with E-state index in [-0.39, 0.29) is 23.7 Å². The van der Waals surface area contributed by atoms with Crippen molar-refractivity contribution in [1.29, 1.82) is 5.26 Å². The third-order valence-corrected chi connectivity index (χ3v) is 6.29. The molecule has 0 aliphatic heterocycles. The maximum absolute atomic E-state index is 13.9. The summed E-state index contributed by atoms with van der Waals surface area (Å²) in [7, 11) is 1.80. The third-order valence-electron chi connectivity index (χ3n) is 5.64. The minimum atomic E-state index is -0.799. The van der Waals surface area contributed by atoms with Crippen molar-refractivity contribution < 1.29 is 4.39 Å². The number of pyridine rings is 1. The maximum Gasteiger partial charge on any atom is 0.359 e. The van der Waals surface area contributed by atoms with Crippen LogP contribution in [-0.4, -0.2) is 28.9 Å². The van der Waals surface area contributed by atoms with Crippen LogP contribution >= 0.6 is 15.9 Å². The van der Waals surface area contributed by atoms with Gasteiger partial charge >= 0.3 is 11.4 Å². The predicted molar refractivity (Wildman–Crippen MR) is 139 cm³/mol. The quantitative estimate of drug-likeness (QED) is 0.348. The number of fused-ring (bicyclic) bond motifs is 1. The molecule has 3 aromatic heterocycles. The molecule has 12 heteroatoms. The molecule has 0 bridgehead atoms. The number of nitrogens with one attached hydrogen (secondary N) is 1. The van der Waals surface area contributed by atoms with Crippen LogP contribution < -0.4 is 16.7 Å². The molecule has 0 aliphatic carbocycles. The Morgan fingerprint density at radius 3 is 2.73 bits per heavy atom. The highest BCUT2D eigenvalue weighted by Crippen LogP contribution is 2.29. The fourth-order valence-electron chi connectivity index (χ4n) is 3.94. The van der Waals surface area contributed by atoms with Gasteiger partial charge in [0.2, 0.25) is 5.95 Å². The lowest BCUT2D eigenvalue weighted by molar-refractivity contribution is 0.620. The van der Waals surface area contributed by atoms with Crippen LogP contribution in [0.3, 0.4) is 0 Å². The minimum absolute atomic E-state index is 0.0290. The van der Waals surface area contributed by atoms with Crippen molar-refractivity contribution in [3.8, 4) is 11.8 Å². The van der Waals surface area contributed by atoms with E-state index in [0.29, 0.717) is 15.7 Å². The maximum atomic E-state index is 13.9. The highest BCUT2D eigenvalue weighted by Gasteiger charge is 2.18. The van der Waals surface area contributed by atoms with Crippen LogP contribution in [-0.2, 0) is 13.6 Å². The summed E-state index contributed by atoms with van der Waals surface area (Å²) in [5, 5.41) is 17.5. The van der Waals surface area contributed by atoms with Crippen LogP contribution in [0, 0.1) is 24.1 Å². The average molecular weight is 561 g/mol. The van der Waals surface area contributed by atoms with E-state index in [1.54, 1.807) is 43.1 Å². The van der Waals surface area contributed by atoms with Crippen LogP contribution in [0.1, 0.15) is 16.7 Å². The highest BCUT2D eigenvalue weighted by atomic mass is 79.9. The standard InChI is InChI=1S/C25H18BrFN8O2/c1-14-5-18(11-29-10-14)35-24(36)31-23(30-22-7-17-13-33(2)32-21(17)8-19(22)26)34(25(35)37)12-15-3-4-20(27)16(6-15)9-28/h3-8,10-11,13H,12H2,1-2H3,(H,30,31,36). The summed E-state index contributed by atoms with van der Waals surface area (Å²) in [5.41, 5.74) is 1.15. The van der Waals surface area contributed by atoms with Crippen LogP contribution in [0.25, 0.3) is 16.6 Å². The Morgan fingerprint density at radius 1 is 1.16 bits per heavy atom. The van der Waals surface area contributed by atoms with Crippen molar-refractivity contribution in [2.24, 2.45) is 7.05 Å². The molecule has 5 rings (SSSR count). The van der Waals surface area contributed by atoms with Crippen molar-refractivity contribution in [2.75, 3.05) is 5.32 Å². The molecule has 0 saturated carbocycles. The molecule has 0 fully saturated rings. The molecule has 2 aromatic carbocycles. The second-order valence-electron chi connectivity index (χ2n) is 8.39. The molecular formula is C25H18BrFN8O2. The van der Waals surface area contributed by atoms with E-state index in [1.807, 2.05) is 12.3 Å². The largest absolute Gasteiger partial charge is 0.359 e. The van der Waals surface area contributed by atoms with Crippen molar-refractivity contribution in [3.63, 3.8) is 0 Å². The number of aromatic nitrogens is 6. The van der Waals surface area contributed by atoms with Crippen LogP contribution in [0.4, 0.5) is 16.0 Å². The smallest absolute Gasteiger partial charge is 0.324 e. The van der Waals surface area contributed by atoms with Crippen molar-refractivity contribution in [3.05, 3.63) is 103 Å². The molecule has 0 saturated heterocycles. The van der Waals surface area contributed by atoms with Gasteiger partial charge in [0.15, 0.2) is 0 Å². The molecule has 1 N–H and O–H groups in total. The zero-order chi connectivity index (χ0) is 26.3. The molecule has 0 unspecified atom stereocenters. The molecular weight excluding hydrogens is 543 g/mol. The number of nitrogens with zero attached hydrogens (tertiary/aromatic N) is 7. The lowest BCUT2D eigenvalue weighted by Crippen LogP contribution is -2.41. The van der Waals surface area contributed by atoms with E-state index >= 15 is 0 Å². The SMILES string of the molecule is Cc1cncc(-n2c(=O)nc(Nc3cc4cn(C)nc4cc3Br)n(Cc3ccc(F)c(C#N)c3)c2=O)c1. The van der Waals surface area contributed by atoms with Gasteiger partial charge in [0.25, 0.3) is 0 Å². The molecule has 0 amide bonds. The van der Waals surface area contributed by atoms with E-state index in [0.717, 1.165) is 27.1 Å². The Morgan fingerprint density at radius 2 is 1.97 bits per heavy atom. The van der Waals surface area contributed by atoms with Gasteiger partial charge in [0.1, 0.15) is 11.9 Å². The number of hydrogen-bond acceptors (Lipinski definition) is 7. The van der Waals surface area contributed by atoms with Crippen LogP contribution in [0.5, 0.6) is 0 Å². The zero-order valence-corrected chi connectivity index (χ0v) is 21.2. The van der Waals surface area contributed by atoms with E-state index in [4.69, 9.17) is 0 Å². The number of rotatable bonds is 5. The van der Waals surface area contributed by atoms with Crippen molar-refractivity contribution in [1.82, 2.24) is 28.9 Å². The lowest BCUT2D eigenvalue weighted by atomic mass is 10.1. The Hall–Kier alpha value is -4.63. The topological polar surface area (TPSA) is 123 Å². The number of nitriles is 1. The Balaban J connectivity index is 1.69. The van der Waals surface area contributed by atoms with Gasteiger partial charge in [-0.15, -0.1) is 0 Å². The normalized spacial score (nSPS) is 11.0. The van der Waals surface area contributed by atoms with Crippen LogP contribution in [0.2, 0.25) is 0 Å². The molecule has 184 valence electrons. The number of anilines is 2. The number of aryl methyl sites for hydroxylation is 2. The second-order valence-corrected chi connectivity index (χ2v) is 9.24. The summed E-state index contributed by atoms with van der Waals surface area (Å²) >= 11 is 3.50. The molecule has 5 aromatic rings. The fourth-order valence-corrected chi connectivity index (χ4v) is 4.37. The van der Waals surface area contributed by atoms with Crippen LogP contribution in [0.15, 0.2) is 69.1 Å². The number of benzene rings is 2. The first kappa shape index (κ1) is 24.1. The van der Waals surface area contributed by atoms with E-state index in [9.17, 15) is 19.2 Å². The summed E-state index contributed by atoms with van der Waals surface area (Å²) in [6.45, 7) is 1.70. The monoisotopic (exact) mass is 560 g/mol. The molecule has 0 radical (unpaired) electrons. The van der Waals surface area contributed by atoms with Gasteiger partial charge in [-0.1, -0.05) is 6.07 Å². The first-order valence-electron chi connectivity index (χ1n) is 11.0. The number of halogens is 2. The minimum Gasteiger partial charge on any atom is -0.324 e. The first-order chi connectivity index (χ1) is 17.7. The molecule has 0 aliphatic rings.